The Labute approximate surface area is 176 Å². The van der Waals surface area contributed by atoms with Gasteiger partial charge in [0.05, 0.1) is 7.11 Å². The monoisotopic (exact) mass is 436 g/mol. The number of benzene rings is 2. The Hall–Kier alpha value is -2.09. The highest BCUT2D eigenvalue weighted by Gasteiger charge is 2.26. The van der Waals surface area contributed by atoms with E-state index in [9.17, 15) is 13.2 Å². The minimum Gasteiger partial charge on any atom is -0.495 e. The molecule has 2 aromatic carbocycles. The number of methoxy groups -OCH3 is 1. The maximum Gasteiger partial charge on any atom is 0.251 e. The Kier molecular flexibility index (Phi) is 7.16. The Morgan fingerprint density at radius 3 is 2.55 bits per heavy atom. The first-order valence-electron chi connectivity index (χ1n) is 9.62. The molecule has 0 saturated heterocycles. The summed E-state index contributed by atoms with van der Waals surface area (Å²) in [6, 6.07) is 11.5. The summed E-state index contributed by atoms with van der Waals surface area (Å²) in [6.07, 6.45) is 4.78. The van der Waals surface area contributed by atoms with Crippen molar-refractivity contribution >= 4 is 27.5 Å². The zero-order chi connectivity index (χ0) is 20.9. The van der Waals surface area contributed by atoms with Crippen molar-refractivity contribution in [1.29, 1.82) is 0 Å². The molecule has 2 aromatic rings. The molecule has 2 N–H and O–H groups in total. The van der Waals surface area contributed by atoms with Crippen molar-refractivity contribution in [2.45, 2.75) is 49.6 Å². The van der Waals surface area contributed by atoms with Crippen molar-refractivity contribution in [1.82, 2.24) is 10.0 Å². The lowest BCUT2D eigenvalue weighted by Crippen LogP contribution is -2.36. The first-order chi connectivity index (χ1) is 13.9. The van der Waals surface area contributed by atoms with Gasteiger partial charge in [-0.05, 0) is 42.7 Å². The molecular formula is C21H25ClN2O4S. The van der Waals surface area contributed by atoms with Gasteiger partial charge in [-0.25, -0.2) is 13.1 Å². The molecule has 0 radical (unpaired) electrons. The number of sulfonamides is 1. The average Bonchev–Trinajstić information content (AvgIpc) is 2.73. The Balaban J connectivity index is 1.78. The molecule has 8 heteroatoms. The Morgan fingerprint density at radius 2 is 1.86 bits per heavy atom. The van der Waals surface area contributed by atoms with Gasteiger partial charge in [-0.3, -0.25) is 4.79 Å². The highest BCUT2D eigenvalue weighted by molar-refractivity contribution is 7.89. The molecule has 29 heavy (non-hydrogen) atoms. The number of ether oxygens (including phenoxy) is 1. The van der Waals surface area contributed by atoms with Crippen molar-refractivity contribution in [2.75, 3.05) is 7.11 Å². The third kappa shape index (κ3) is 5.50. The molecule has 0 spiro atoms. The molecule has 6 nitrogen and oxygen atoms in total. The number of carbonyl (C=O) groups is 1. The van der Waals surface area contributed by atoms with E-state index < -0.39 is 10.0 Å². The number of hydrogen-bond donors (Lipinski definition) is 2. The largest absolute Gasteiger partial charge is 0.495 e. The number of nitrogens with one attached hydrogen (secondary N) is 2. The third-order valence-corrected chi connectivity index (χ3v) is 6.95. The third-order valence-electron chi connectivity index (χ3n) is 5.04. The summed E-state index contributed by atoms with van der Waals surface area (Å²) in [5.74, 6) is -0.183. The summed E-state index contributed by atoms with van der Waals surface area (Å²) in [5.41, 5.74) is 1.02. The van der Waals surface area contributed by atoms with Gasteiger partial charge in [0.1, 0.15) is 10.6 Å². The van der Waals surface area contributed by atoms with Gasteiger partial charge in [-0.2, -0.15) is 0 Å². The number of hydrogen-bond acceptors (Lipinski definition) is 4. The zero-order valence-corrected chi connectivity index (χ0v) is 17.9. The van der Waals surface area contributed by atoms with Crippen molar-refractivity contribution < 1.29 is 17.9 Å². The van der Waals surface area contributed by atoms with Gasteiger partial charge in [0.15, 0.2) is 0 Å². The van der Waals surface area contributed by atoms with Crippen molar-refractivity contribution in [2.24, 2.45) is 0 Å². The average molecular weight is 437 g/mol. The van der Waals surface area contributed by atoms with Gasteiger partial charge in [-0.1, -0.05) is 49.1 Å². The van der Waals surface area contributed by atoms with E-state index in [4.69, 9.17) is 16.3 Å². The van der Waals surface area contributed by atoms with E-state index in [1.807, 2.05) is 18.2 Å². The van der Waals surface area contributed by atoms with Crippen LogP contribution in [0.4, 0.5) is 0 Å². The van der Waals surface area contributed by atoms with Crippen molar-refractivity contribution in [3.8, 4) is 5.75 Å². The van der Waals surface area contributed by atoms with Gasteiger partial charge in [0.25, 0.3) is 5.91 Å². The minimum atomic E-state index is -3.81. The molecule has 0 bridgehead atoms. The van der Waals surface area contributed by atoms with Gasteiger partial charge < -0.3 is 10.1 Å². The molecule has 1 saturated carbocycles. The molecule has 156 valence electrons. The summed E-state index contributed by atoms with van der Waals surface area (Å²) in [5, 5.41) is 3.33. The number of carbonyl (C=O) groups excluding carboxylic acids is 1. The highest BCUT2D eigenvalue weighted by Crippen LogP contribution is 2.27. The fourth-order valence-electron chi connectivity index (χ4n) is 3.45. The molecule has 0 heterocycles. The van der Waals surface area contributed by atoms with E-state index >= 15 is 0 Å². The first-order valence-corrected chi connectivity index (χ1v) is 11.5. The summed E-state index contributed by atoms with van der Waals surface area (Å²) in [6.45, 7) is 0.243. The van der Waals surface area contributed by atoms with Gasteiger partial charge >= 0.3 is 0 Å². The quantitative estimate of drug-likeness (QED) is 0.689. The van der Waals surface area contributed by atoms with E-state index in [0.717, 1.165) is 37.7 Å². The summed E-state index contributed by atoms with van der Waals surface area (Å²) in [7, 11) is -2.40. The van der Waals surface area contributed by atoms with Crippen LogP contribution in [0.1, 0.15) is 48.0 Å². The molecule has 0 atom stereocenters. The maximum absolute atomic E-state index is 12.9. The lowest BCUT2D eigenvalue weighted by atomic mass is 9.96. The summed E-state index contributed by atoms with van der Waals surface area (Å²) < 4.78 is 33.9. The molecular weight excluding hydrogens is 412 g/mol. The van der Waals surface area contributed by atoms with Crippen molar-refractivity contribution in [3.63, 3.8) is 0 Å². The fourth-order valence-corrected chi connectivity index (χ4v) is 5.15. The second kappa shape index (κ2) is 9.61. The maximum atomic E-state index is 12.9. The summed E-state index contributed by atoms with van der Waals surface area (Å²) in [4.78, 5) is 12.6. The molecule has 1 amide bonds. The van der Waals surface area contributed by atoms with E-state index in [1.54, 1.807) is 12.1 Å². The van der Waals surface area contributed by atoms with Crippen LogP contribution in [-0.4, -0.2) is 27.5 Å². The molecule has 0 aliphatic heterocycles. The van der Waals surface area contributed by atoms with Gasteiger partial charge in [-0.15, -0.1) is 0 Å². The second-order valence-electron chi connectivity index (χ2n) is 7.10. The fraction of sp³-hybridized carbons (Fsp3) is 0.381. The lowest BCUT2D eigenvalue weighted by Gasteiger charge is -2.23. The number of amides is 1. The topological polar surface area (TPSA) is 84.5 Å². The normalized spacial score (nSPS) is 15.1. The summed E-state index contributed by atoms with van der Waals surface area (Å²) >= 11 is 6.12. The molecule has 0 unspecified atom stereocenters. The van der Waals surface area contributed by atoms with E-state index in [0.29, 0.717) is 5.02 Å². The lowest BCUT2D eigenvalue weighted by molar-refractivity contribution is 0.0950. The van der Waals surface area contributed by atoms with Crippen LogP contribution >= 0.6 is 11.6 Å². The molecule has 1 aliphatic carbocycles. The molecule has 1 fully saturated rings. The first kappa shape index (κ1) is 21.6. The number of halogens is 1. The van der Waals surface area contributed by atoms with E-state index in [-0.39, 0.29) is 34.7 Å². The van der Waals surface area contributed by atoms with E-state index in [2.05, 4.69) is 10.0 Å². The molecule has 3 rings (SSSR count). The highest BCUT2D eigenvalue weighted by atomic mass is 35.5. The van der Waals surface area contributed by atoms with Crippen LogP contribution in [0.25, 0.3) is 0 Å². The molecule has 1 aliphatic rings. The predicted molar refractivity (Wildman–Crippen MR) is 113 cm³/mol. The van der Waals surface area contributed by atoms with Gasteiger partial charge in [0.2, 0.25) is 10.0 Å². The van der Waals surface area contributed by atoms with Crippen LogP contribution in [0.2, 0.25) is 5.02 Å². The Morgan fingerprint density at radius 1 is 1.14 bits per heavy atom. The second-order valence-corrected chi connectivity index (χ2v) is 9.19. The van der Waals surface area contributed by atoms with Crippen LogP contribution in [0.5, 0.6) is 5.75 Å². The van der Waals surface area contributed by atoms with E-state index in [1.165, 1.54) is 19.2 Å². The van der Waals surface area contributed by atoms with Crippen LogP contribution in [0.3, 0.4) is 0 Å². The predicted octanol–water partition coefficient (Wildman–Crippen LogP) is 3.89. The Bertz CT molecular complexity index is 972. The van der Waals surface area contributed by atoms with Crippen molar-refractivity contribution in [3.05, 3.63) is 58.6 Å². The zero-order valence-electron chi connectivity index (χ0n) is 16.3. The van der Waals surface area contributed by atoms with Crippen LogP contribution < -0.4 is 14.8 Å². The standard InChI is InChI=1S/C21H25ClN2O4S/c1-28-19-12-11-15(21(25)23-14-16-7-5-6-10-18(16)22)13-20(19)29(26,27)24-17-8-3-2-4-9-17/h5-7,10-13,17,24H,2-4,8-9,14H2,1H3,(H,23,25). The van der Waals surface area contributed by atoms with Crippen LogP contribution in [0, 0.1) is 0 Å². The minimum absolute atomic E-state index is 0.0315. The number of rotatable bonds is 7. The van der Waals surface area contributed by atoms with Crippen LogP contribution in [-0.2, 0) is 16.6 Å². The smallest absolute Gasteiger partial charge is 0.251 e. The molecule has 0 aromatic heterocycles. The van der Waals surface area contributed by atoms with Gasteiger partial charge in [0, 0.05) is 23.2 Å². The SMILES string of the molecule is COc1ccc(C(=O)NCc2ccccc2Cl)cc1S(=O)(=O)NC1CCCCC1. The van der Waals surface area contributed by atoms with Crippen LogP contribution in [0.15, 0.2) is 47.4 Å².